The molecule has 0 aromatic carbocycles. The molecule has 0 unspecified atom stereocenters. The van der Waals surface area contributed by atoms with Gasteiger partial charge in [-0.1, -0.05) is 46.7 Å². The molecule has 1 aromatic heterocycles. The van der Waals surface area contributed by atoms with Crippen LogP contribution in [0.2, 0.25) is 0 Å². The number of hydrogen-bond acceptors (Lipinski definition) is 5. The zero-order chi connectivity index (χ0) is 17.7. The van der Waals surface area contributed by atoms with Crippen molar-refractivity contribution in [2.24, 2.45) is 5.41 Å². The maximum atomic E-state index is 12.2. The highest BCUT2D eigenvalue weighted by molar-refractivity contribution is 5.91. The van der Waals surface area contributed by atoms with Gasteiger partial charge in [0.25, 0.3) is 0 Å². The zero-order valence-corrected chi connectivity index (χ0v) is 15.3. The first-order valence-corrected chi connectivity index (χ1v) is 8.11. The van der Waals surface area contributed by atoms with E-state index in [4.69, 9.17) is 9.63 Å². The number of rotatable bonds is 7. The van der Waals surface area contributed by atoms with Gasteiger partial charge in [-0.15, -0.1) is 0 Å². The van der Waals surface area contributed by atoms with Gasteiger partial charge in [-0.05, 0) is 11.8 Å². The fraction of sp³-hybridized carbons (Fsp3) is 0.765. The number of carbonyl (C=O) groups excluding carboxylic acids is 1. The van der Waals surface area contributed by atoms with Crippen LogP contribution < -0.4 is 5.32 Å². The first-order valence-electron chi connectivity index (χ1n) is 8.11. The molecule has 1 amide bonds. The number of carbonyl (C=O) groups is 1. The van der Waals surface area contributed by atoms with Crippen molar-refractivity contribution in [1.29, 1.82) is 0 Å². The number of anilines is 1. The summed E-state index contributed by atoms with van der Waals surface area (Å²) in [7, 11) is 0. The molecule has 0 aliphatic carbocycles. The SMILES string of the molecule is CC(C)(C)CN(CCCO)CC(=O)Nc1cc(C(C)(C)C)no1. The van der Waals surface area contributed by atoms with E-state index in [0.717, 1.165) is 12.2 Å². The summed E-state index contributed by atoms with van der Waals surface area (Å²) in [5, 5.41) is 15.8. The van der Waals surface area contributed by atoms with Gasteiger partial charge in [0.1, 0.15) is 0 Å². The summed E-state index contributed by atoms with van der Waals surface area (Å²) in [6, 6.07) is 1.76. The summed E-state index contributed by atoms with van der Waals surface area (Å²) < 4.78 is 5.18. The molecule has 0 saturated carbocycles. The fourth-order valence-corrected chi connectivity index (χ4v) is 2.25. The van der Waals surface area contributed by atoms with Crippen LogP contribution in [0.3, 0.4) is 0 Å². The lowest BCUT2D eigenvalue weighted by Crippen LogP contribution is -2.39. The van der Waals surface area contributed by atoms with Crippen LogP contribution in [0.15, 0.2) is 10.6 Å². The summed E-state index contributed by atoms with van der Waals surface area (Å²) in [5.41, 5.74) is 0.771. The quantitative estimate of drug-likeness (QED) is 0.806. The lowest BCUT2D eigenvalue weighted by molar-refractivity contribution is -0.117. The minimum atomic E-state index is -0.135. The van der Waals surface area contributed by atoms with Crippen LogP contribution in [0.5, 0.6) is 0 Å². The van der Waals surface area contributed by atoms with Crippen LogP contribution >= 0.6 is 0 Å². The molecular formula is C17H31N3O3. The Morgan fingerprint density at radius 1 is 1.30 bits per heavy atom. The number of aliphatic hydroxyl groups is 1. The molecule has 132 valence electrons. The van der Waals surface area contributed by atoms with Crippen molar-refractivity contribution >= 4 is 11.8 Å². The minimum Gasteiger partial charge on any atom is -0.396 e. The maximum absolute atomic E-state index is 12.2. The second-order valence-electron chi connectivity index (χ2n) is 8.22. The molecule has 0 aliphatic rings. The molecule has 1 heterocycles. The van der Waals surface area contributed by atoms with Crippen molar-refractivity contribution in [1.82, 2.24) is 10.1 Å². The number of hydrogen-bond donors (Lipinski definition) is 2. The van der Waals surface area contributed by atoms with Gasteiger partial charge in [0.05, 0.1) is 12.2 Å². The van der Waals surface area contributed by atoms with E-state index in [1.807, 2.05) is 25.7 Å². The second-order valence-corrected chi connectivity index (χ2v) is 8.22. The zero-order valence-electron chi connectivity index (χ0n) is 15.3. The van der Waals surface area contributed by atoms with E-state index in [9.17, 15) is 4.79 Å². The topological polar surface area (TPSA) is 78.6 Å². The van der Waals surface area contributed by atoms with Crippen LogP contribution in [-0.4, -0.2) is 47.3 Å². The first kappa shape index (κ1) is 19.6. The van der Waals surface area contributed by atoms with Crippen LogP contribution in [0, 0.1) is 5.41 Å². The molecule has 6 heteroatoms. The number of nitrogens with zero attached hydrogens (tertiary/aromatic N) is 2. The third kappa shape index (κ3) is 7.61. The first-order chi connectivity index (χ1) is 10.5. The van der Waals surface area contributed by atoms with E-state index in [1.54, 1.807) is 6.07 Å². The van der Waals surface area contributed by atoms with Crippen LogP contribution in [0.25, 0.3) is 0 Å². The summed E-state index contributed by atoms with van der Waals surface area (Å²) in [6.45, 7) is 14.4. The third-order valence-corrected chi connectivity index (χ3v) is 3.24. The van der Waals surface area contributed by atoms with Crippen molar-refractivity contribution < 1.29 is 14.4 Å². The molecule has 0 spiro atoms. The smallest absolute Gasteiger partial charge is 0.240 e. The van der Waals surface area contributed by atoms with Crippen molar-refractivity contribution in [2.75, 3.05) is 31.6 Å². The molecule has 0 saturated heterocycles. The van der Waals surface area contributed by atoms with Gasteiger partial charge in [0, 0.05) is 31.2 Å². The Bertz CT molecular complexity index is 498. The number of nitrogens with one attached hydrogen (secondary N) is 1. The number of aliphatic hydroxyl groups excluding tert-OH is 1. The van der Waals surface area contributed by atoms with E-state index in [-0.39, 0.29) is 29.9 Å². The molecule has 6 nitrogen and oxygen atoms in total. The van der Waals surface area contributed by atoms with Gasteiger partial charge >= 0.3 is 0 Å². The third-order valence-electron chi connectivity index (χ3n) is 3.24. The second kappa shape index (κ2) is 7.93. The van der Waals surface area contributed by atoms with E-state index in [1.165, 1.54) is 0 Å². The highest BCUT2D eigenvalue weighted by Crippen LogP contribution is 2.23. The van der Waals surface area contributed by atoms with Gasteiger partial charge < -0.3 is 9.63 Å². The average molecular weight is 325 g/mol. The molecule has 0 atom stereocenters. The number of amides is 1. The summed E-state index contributed by atoms with van der Waals surface area (Å²) in [5.74, 6) is 0.238. The van der Waals surface area contributed by atoms with E-state index >= 15 is 0 Å². The van der Waals surface area contributed by atoms with Gasteiger partial charge in [0.15, 0.2) is 0 Å². The molecule has 0 aliphatic heterocycles. The van der Waals surface area contributed by atoms with E-state index in [0.29, 0.717) is 18.8 Å². The van der Waals surface area contributed by atoms with Crippen molar-refractivity contribution in [2.45, 2.75) is 53.4 Å². The number of aromatic nitrogens is 1. The molecule has 1 rings (SSSR count). The van der Waals surface area contributed by atoms with Gasteiger partial charge in [-0.25, -0.2) is 0 Å². The average Bonchev–Trinajstić information content (AvgIpc) is 2.82. The summed E-state index contributed by atoms with van der Waals surface area (Å²) in [6.07, 6.45) is 0.653. The summed E-state index contributed by atoms with van der Waals surface area (Å²) in [4.78, 5) is 14.3. The van der Waals surface area contributed by atoms with Crippen molar-refractivity contribution in [3.05, 3.63) is 11.8 Å². The minimum absolute atomic E-state index is 0.0847. The van der Waals surface area contributed by atoms with Crippen molar-refractivity contribution in [3.8, 4) is 0 Å². The predicted octanol–water partition coefficient (Wildman–Crippen LogP) is 2.64. The molecule has 0 fully saturated rings. The predicted molar refractivity (Wildman–Crippen MR) is 91.4 cm³/mol. The Kier molecular flexibility index (Phi) is 6.77. The van der Waals surface area contributed by atoms with Gasteiger partial charge in [-0.2, -0.15) is 0 Å². The molecule has 2 N–H and O–H groups in total. The monoisotopic (exact) mass is 325 g/mol. The van der Waals surface area contributed by atoms with Gasteiger partial charge in [0.2, 0.25) is 11.8 Å². The Morgan fingerprint density at radius 3 is 2.43 bits per heavy atom. The van der Waals surface area contributed by atoms with E-state index < -0.39 is 0 Å². The Balaban J connectivity index is 2.62. The van der Waals surface area contributed by atoms with Crippen LogP contribution in [-0.2, 0) is 10.2 Å². The normalized spacial score (nSPS) is 12.7. The standard InChI is InChI=1S/C17H31N3O3/c1-16(2,3)12-20(8-7-9-21)11-14(22)18-15-10-13(19-23-15)17(4,5)6/h10,21H,7-9,11-12H2,1-6H3,(H,18,22). The molecule has 0 radical (unpaired) electrons. The Labute approximate surface area is 139 Å². The van der Waals surface area contributed by atoms with E-state index in [2.05, 4.69) is 31.2 Å². The Morgan fingerprint density at radius 2 is 1.96 bits per heavy atom. The Hall–Kier alpha value is -1.40. The maximum Gasteiger partial charge on any atom is 0.240 e. The highest BCUT2D eigenvalue weighted by Gasteiger charge is 2.21. The van der Waals surface area contributed by atoms with Crippen LogP contribution in [0.4, 0.5) is 5.88 Å². The van der Waals surface area contributed by atoms with Crippen LogP contribution in [0.1, 0.15) is 53.7 Å². The largest absolute Gasteiger partial charge is 0.396 e. The molecule has 0 bridgehead atoms. The molecular weight excluding hydrogens is 294 g/mol. The lowest BCUT2D eigenvalue weighted by Gasteiger charge is -2.29. The fourth-order valence-electron chi connectivity index (χ4n) is 2.25. The highest BCUT2D eigenvalue weighted by atomic mass is 16.5. The molecule has 1 aromatic rings. The van der Waals surface area contributed by atoms with Gasteiger partial charge in [-0.3, -0.25) is 15.0 Å². The lowest BCUT2D eigenvalue weighted by atomic mass is 9.92. The molecule has 23 heavy (non-hydrogen) atoms. The summed E-state index contributed by atoms with van der Waals surface area (Å²) >= 11 is 0. The van der Waals surface area contributed by atoms with Crippen molar-refractivity contribution in [3.63, 3.8) is 0 Å².